The predicted octanol–water partition coefficient (Wildman–Crippen LogP) is 3.53. The SMILES string of the molecule is CCC(Oc1ccccc1)C(=O)Nc1ncccc1Cl. The molecule has 2 aromatic rings. The van der Waals surface area contributed by atoms with Gasteiger partial charge in [0.25, 0.3) is 5.91 Å². The number of rotatable bonds is 5. The standard InChI is InChI=1S/C15H15ClN2O2/c1-2-13(20-11-7-4-3-5-8-11)15(19)18-14-12(16)9-6-10-17-14/h3-10,13H,2H2,1H3,(H,17,18,19). The highest BCUT2D eigenvalue weighted by molar-refractivity contribution is 6.33. The lowest BCUT2D eigenvalue weighted by atomic mass is 10.2. The molecule has 1 heterocycles. The van der Waals surface area contributed by atoms with Gasteiger partial charge in [0.15, 0.2) is 11.9 Å². The summed E-state index contributed by atoms with van der Waals surface area (Å²) in [5, 5.41) is 3.07. The number of nitrogens with one attached hydrogen (secondary N) is 1. The van der Waals surface area contributed by atoms with Crippen molar-refractivity contribution < 1.29 is 9.53 Å². The highest BCUT2D eigenvalue weighted by atomic mass is 35.5. The summed E-state index contributed by atoms with van der Waals surface area (Å²) < 4.78 is 5.65. The van der Waals surface area contributed by atoms with E-state index >= 15 is 0 Å². The Hall–Kier alpha value is -2.07. The van der Waals surface area contributed by atoms with Crippen molar-refractivity contribution >= 4 is 23.3 Å². The Morgan fingerprint density at radius 3 is 2.70 bits per heavy atom. The average Bonchev–Trinajstić information content (AvgIpc) is 2.48. The van der Waals surface area contributed by atoms with Gasteiger partial charge in [0, 0.05) is 6.20 Å². The number of ether oxygens (including phenoxy) is 1. The number of aromatic nitrogens is 1. The Balaban J connectivity index is 2.04. The van der Waals surface area contributed by atoms with E-state index in [1.807, 2.05) is 37.3 Å². The van der Waals surface area contributed by atoms with Gasteiger partial charge in [-0.1, -0.05) is 36.7 Å². The van der Waals surface area contributed by atoms with Crippen molar-refractivity contribution in [1.29, 1.82) is 0 Å². The Morgan fingerprint density at radius 2 is 2.05 bits per heavy atom. The predicted molar refractivity (Wildman–Crippen MR) is 79.0 cm³/mol. The molecule has 0 aliphatic rings. The number of nitrogens with zero attached hydrogens (tertiary/aromatic N) is 1. The van der Waals surface area contributed by atoms with Crippen LogP contribution in [0.25, 0.3) is 0 Å². The van der Waals surface area contributed by atoms with Crippen LogP contribution in [-0.4, -0.2) is 17.0 Å². The van der Waals surface area contributed by atoms with Gasteiger partial charge in [-0.15, -0.1) is 0 Å². The Kier molecular flexibility index (Phi) is 4.96. The fraction of sp³-hybridized carbons (Fsp3) is 0.200. The average molecular weight is 291 g/mol. The van der Waals surface area contributed by atoms with Crippen molar-refractivity contribution in [2.24, 2.45) is 0 Å². The molecule has 1 unspecified atom stereocenters. The van der Waals surface area contributed by atoms with Gasteiger partial charge >= 0.3 is 0 Å². The molecule has 0 radical (unpaired) electrons. The lowest BCUT2D eigenvalue weighted by Gasteiger charge is -2.17. The van der Waals surface area contributed by atoms with Crippen LogP contribution in [0.2, 0.25) is 5.02 Å². The van der Waals surface area contributed by atoms with Crippen molar-refractivity contribution in [3.63, 3.8) is 0 Å². The monoisotopic (exact) mass is 290 g/mol. The van der Waals surface area contributed by atoms with Gasteiger partial charge in [-0.2, -0.15) is 0 Å². The highest BCUT2D eigenvalue weighted by Crippen LogP contribution is 2.19. The van der Waals surface area contributed by atoms with Gasteiger partial charge in [0.1, 0.15) is 5.75 Å². The Morgan fingerprint density at radius 1 is 1.30 bits per heavy atom. The quantitative estimate of drug-likeness (QED) is 0.916. The highest BCUT2D eigenvalue weighted by Gasteiger charge is 2.19. The van der Waals surface area contributed by atoms with Crippen molar-refractivity contribution in [3.8, 4) is 5.75 Å². The third-order valence-corrected chi connectivity index (χ3v) is 2.99. The van der Waals surface area contributed by atoms with E-state index in [2.05, 4.69) is 10.3 Å². The second-order valence-corrected chi connectivity index (χ2v) is 4.56. The summed E-state index contributed by atoms with van der Waals surface area (Å²) in [6.45, 7) is 1.88. The summed E-state index contributed by atoms with van der Waals surface area (Å²) in [7, 11) is 0. The number of hydrogen-bond donors (Lipinski definition) is 1. The Labute approximate surface area is 122 Å². The maximum Gasteiger partial charge on any atom is 0.266 e. The van der Waals surface area contributed by atoms with E-state index in [0.29, 0.717) is 23.0 Å². The molecule has 4 nitrogen and oxygen atoms in total. The first kappa shape index (κ1) is 14.3. The third kappa shape index (κ3) is 3.71. The normalized spacial score (nSPS) is 11.7. The number of amides is 1. The van der Waals surface area contributed by atoms with Crippen LogP contribution < -0.4 is 10.1 Å². The van der Waals surface area contributed by atoms with Gasteiger partial charge in [0.05, 0.1) is 5.02 Å². The summed E-state index contributed by atoms with van der Waals surface area (Å²) in [6, 6.07) is 12.6. The van der Waals surface area contributed by atoms with Gasteiger partial charge in [-0.3, -0.25) is 4.79 Å². The fourth-order valence-corrected chi connectivity index (χ4v) is 1.83. The summed E-state index contributed by atoms with van der Waals surface area (Å²) in [5.41, 5.74) is 0. The van der Waals surface area contributed by atoms with E-state index < -0.39 is 6.10 Å². The summed E-state index contributed by atoms with van der Waals surface area (Å²) in [5.74, 6) is 0.729. The molecule has 104 valence electrons. The van der Waals surface area contributed by atoms with Crippen LogP contribution in [0.1, 0.15) is 13.3 Å². The lowest BCUT2D eigenvalue weighted by molar-refractivity contribution is -0.122. The zero-order valence-electron chi connectivity index (χ0n) is 11.0. The minimum absolute atomic E-state index is 0.267. The molecule has 0 spiro atoms. The minimum Gasteiger partial charge on any atom is -0.481 e. The first-order valence-corrected chi connectivity index (χ1v) is 6.71. The maximum absolute atomic E-state index is 12.2. The molecule has 0 aliphatic carbocycles. The van der Waals surface area contributed by atoms with Crippen molar-refractivity contribution in [3.05, 3.63) is 53.7 Å². The van der Waals surface area contributed by atoms with E-state index in [-0.39, 0.29) is 5.91 Å². The van der Waals surface area contributed by atoms with Gasteiger partial charge in [-0.25, -0.2) is 4.98 Å². The molecular weight excluding hydrogens is 276 g/mol. The second kappa shape index (κ2) is 6.91. The summed E-state index contributed by atoms with van der Waals surface area (Å²) in [4.78, 5) is 16.2. The van der Waals surface area contributed by atoms with Crippen LogP contribution >= 0.6 is 11.6 Å². The third-order valence-electron chi connectivity index (χ3n) is 2.68. The summed E-state index contributed by atoms with van der Waals surface area (Å²) >= 11 is 5.96. The number of halogens is 1. The smallest absolute Gasteiger partial charge is 0.266 e. The molecule has 5 heteroatoms. The number of benzene rings is 1. The molecule has 1 N–H and O–H groups in total. The van der Waals surface area contributed by atoms with Crippen molar-refractivity contribution in [2.45, 2.75) is 19.4 Å². The van der Waals surface area contributed by atoms with Crippen molar-refractivity contribution in [1.82, 2.24) is 4.98 Å². The van der Waals surface area contributed by atoms with Gasteiger partial charge in [-0.05, 0) is 30.7 Å². The van der Waals surface area contributed by atoms with E-state index in [1.165, 1.54) is 0 Å². The van der Waals surface area contributed by atoms with E-state index in [0.717, 1.165) is 0 Å². The molecule has 0 aliphatic heterocycles. The first-order chi connectivity index (χ1) is 9.70. The molecule has 1 aromatic carbocycles. The van der Waals surface area contributed by atoms with Crippen LogP contribution in [0.4, 0.5) is 5.82 Å². The maximum atomic E-state index is 12.2. The molecule has 0 saturated carbocycles. The van der Waals surface area contributed by atoms with Gasteiger partial charge in [0.2, 0.25) is 0 Å². The van der Waals surface area contributed by atoms with Gasteiger partial charge < -0.3 is 10.1 Å². The zero-order chi connectivity index (χ0) is 14.4. The minimum atomic E-state index is -0.588. The largest absolute Gasteiger partial charge is 0.481 e. The second-order valence-electron chi connectivity index (χ2n) is 4.15. The number of para-hydroxylation sites is 1. The molecule has 0 fully saturated rings. The van der Waals surface area contributed by atoms with Crippen LogP contribution in [0.3, 0.4) is 0 Å². The molecule has 0 bridgehead atoms. The fourth-order valence-electron chi connectivity index (χ4n) is 1.66. The molecule has 20 heavy (non-hydrogen) atoms. The molecule has 1 atom stereocenters. The Bertz CT molecular complexity index is 575. The van der Waals surface area contributed by atoms with Crippen LogP contribution in [0, 0.1) is 0 Å². The molecule has 1 amide bonds. The lowest BCUT2D eigenvalue weighted by Crippen LogP contribution is -2.32. The summed E-state index contributed by atoms with van der Waals surface area (Å²) in [6.07, 6.45) is 1.53. The van der Waals surface area contributed by atoms with Crippen LogP contribution in [0.15, 0.2) is 48.7 Å². The number of carbonyl (C=O) groups excluding carboxylic acids is 1. The molecule has 2 rings (SSSR count). The molecular formula is C15H15ClN2O2. The number of pyridine rings is 1. The van der Waals surface area contributed by atoms with Crippen molar-refractivity contribution in [2.75, 3.05) is 5.32 Å². The number of hydrogen-bond acceptors (Lipinski definition) is 3. The van der Waals surface area contributed by atoms with Crippen LogP contribution in [0.5, 0.6) is 5.75 Å². The van der Waals surface area contributed by atoms with E-state index in [9.17, 15) is 4.79 Å². The topological polar surface area (TPSA) is 51.2 Å². The van der Waals surface area contributed by atoms with Crippen LogP contribution in [-0.2, 0) is 4.79 Å². The van der Waals surface area contributed by atoms with E-state index in [4.69, 9.17) is 16.3 Å². The number of carbonyl (C=O) groups is 1. The molecule has 1 aromatic heterocycles. The molecule has 0 saturated heterocycles. The number of anilines is 1. The zero-order valence-corrected chi connectivity index (χ0v) is 11.8. The van der Waals surface area contributed by atoms with E-state index in [1.54, 1.807) is 18.3 Å². The first-order valence-electron chi connectivity index (χ1n) is 6.33.